The summed E-state index contributed by atoms with van der Waals surface area (Å²) >= 11 is 0. The summed E-state index contributed by atoms with van der Waals surface area (Å²) in [6.45, 7) is 6.12. The van der Waals surface area contributed by atoms with Crippen molar-refractivity contribution in [2.45, 2.75) is 38.8 Å². The van der Waals surface area contributed by atoms with E-state index in [1.54, 1.807) is 0 Å². The molecule has 0 spiro atoms. The molecule has 2 aliphatic rings. The van der Waals surface area contributed by atoms with E-state index in [4.69, 9.17) is 0 Å². The summed E-state index contributed by atoms with van der Waals surface area (Å²) in [5, 5.41) is 12.1. The Hall–Kier alpha value is -2.28. The number of piperazine rings is 1. The Morgan fingerprint density at radius 1 is 1.16 bits per heavy atom. The van der Waals surface area contributed by atoms with Gasteiger partial charge in [0.15, 0.2) is 5.82 Å². The van der Waals surface area contributed by atoms with E-state index in [2.05, 4.69) is 33.4 Å². The first kappa shape index (κ1) is 16.2. The van der Waals surface area contributed by atoms with Crippen molar-refractivity contribution in [3.05, 3.63) is 41.2 Å². The standard InChI is InChI=1S/C18H24N6O/c1-14-4-2-3-5-15(14)12-18(25)23-10-8-22(9-11-23)13-17-19-20-21-24(17)16-6-7-16/h2-5,16H,6-13H2,1H3. The van der Waals surface area contributed by atoms with Crippen LogP contribution in [-0.2, 0) is 17.8 Å². The molecule has 1 aliphatic heterocycles. The van der Waals surface area contributed by atoms with Gasteiger partial charge in [0, 0.05) is 26.2 Å². The molecule has 2 heterocycles. The summed E-state index contributed by atoms with van der Waals surface area (Å²) in [6, 6.07) is 8.61. The highest BCUT2D eigenvalue weighted by Gasteiger charge is 2.29. The van der Waals surface area contributed by atoms with E-state index in [-0.39, 0.29) is 5.91 Å². The number of rotatable bonds is 5. The van der Waals surface area contributed by atoms with E-state index in [1.807, 2.05) is 27.8 Å². The topological polar surface area (TPSA) is 67.2 Å². The van der Waals surface area contributed by atoms with Crippen LogP contribution in [0.4, 0.5) is 0 Å². The molecule has 132 valence electrons. The molecule has 4 rings (SSSR count). The first-order chi connectivity index (χ1) is 12.2. The lowest BCUT2D eigenvalue weighted by atomic mass is 10.1. The number of amides is 1. The van der Waals surface area contributed by atoms with Gasteiger partial charge in [-0.25, -0.2) is 4.68 Å². The molecule has 1 amide bonds. The summed E-state index contributed by atoms with van der Waals surface area (Å²) in [4.78, 5) is 16.9. The van der Waals surface area contributed by atoms with Gasteiger partial charge in [0.05, 0.1) is 19.0 Å². The normalized spacial score (nSPS) is 18.5. The zero-order valence-electron chi connectivity index (χ0n) is 14.6. The van der Waals surface area contributed by atoms with Crippen molar-refractivity contribution in [3.63, 3.8) is 0 Å². The number of tetrazole rings is 1. The Kier molecular flexibility index (Phi) is 4.48. The fourth-order valence-corrected chi connectivity index (χ4v) is 3.36. The highest BCUT2D eigenvalue weighted by atomic mass is 16.2. The molecule has 0 atom stereocenters. The SMILES string of the molecule is Cc1ccccc1CC(=O)N1CCN(Cc2nnnn2C2CC2)CC1. The first-order valence-electron chi connectivity index (χ1n) is 9.02. The van der Waals surface area contributed by atoms with E-state index < -0.39 is 0 Å². The molecule has 7 heteroatoms. The van der Waals surface area contributed by atoms with Crippen LogP contribution in [0, 0.1) is 6.92 Å². The van der Waals surface area contributed by atoms with Crippen LogP contribution in [0.1, 0.15) is 35.8 Å². The van der Waals surface area contributed by atoms with Crippen molar-refractivity contribution in [1.82, 2.24) is 30.0 Å². The third kappa shape index (κ3) is 3.71. The molecule has 1 aromatic heterocycles. The summed E-state index contributed by atoms with van der Waals surface area (Å²) in [5.41, 5.74) is 2.31. The number of carbonyl (C=O) groups is 1. The zero-order valence-corrected chi connectivity index (χ0v) is 14.6. The van der Waals surface area contributed by atoms with Gasteiger partial charge in [-0.2, -0.15) is 0 Å². The lowest BCUT2D eigenvalue weighted by Gasteiger charge is -2.34. The summed E-state index contributed by atoms with van der Waals surface area (Å²) < 4.78 is 1.97. The molecule has 1 saturated carbocycles. The molecule has 7 nitrogen and oxygen atoms in total. The third-order valence-corrected chi connectivity index (χ3v) is 5.15. The number of aryl methyl sites for hydroxylation is 1. The molecule has 2 fully saturated rings. The van der Waals surface area contributed by atoms with Crippen LogP contribution >= 0.6 is 0 Å². The van der Waals surface area contributed by atoms with E-state index in [0.29, 0.717) is 12.5 Å². The second kappa shape index (κ2) is 6.92. The van der Waals surface area contributed by atoms with Crippen LogP contribution in [0.15, 0.2) is 24.3 Å². The highest BCUT2D eigenvalue weighted by molar-refractivity contribution is 5.79. The Balaban J connectivity index is 1.30. The quantitative estimate of drug-likeness (QED) is 0.818. The van der Waals surface area contributed by atoms with Crippen LogP contribution in [0.3, 0.4) is 0 Å². The zero-order chi connectivity index (χ0) is 17.2. The van der Waals surface area contributed by atoms with Crippen LogP contribution in [0.5, 0.6) is 0 Å². The fraction of sp³-hybridized carbons (Fsp3) is 0.556. The van der Waals surface area contributed by atoms with Crippen molar-refractivity contribution in [2.75, 3.05) is 26.2 Å². The van der Waals surface area contributed by atoms with Crippen molar-refractivity contribution >= 4 is 5.91 Å². The molecule has 0 radical (unpaired) electrons. The van der Waals surface area contributed by atoms with Crippen LogP contribution in [0.25, 0.3) is 0 Å². The number of carbonyl (C=O) groups excluding carboxylic acids is 1. The van der Waals surface area contributed by atoms with Crippen LogP contribution in [-0.4, -0.2) is 62.1 Å². The summed E-state index contributed by atoms with van der Waals surface area (Å²) in [6.07, 6.45) is 2.85. The maximum Gasteiger partial charge on any atom is 0.227 e. The Morgan fingerprint density at radius 3 is 2.64 bits per heavy atom. The predicted octanol–water partition coefficient (Wildman–Crippen LogP) is 1.20. The molecule has 0 unspecified atom stereocenters. The molecule has 2 aromatic rings. The molecular weight excluding hydrogens is 316 g/mol. The van der Waals surface area contributed by atoms with E-state index >= 15 is 0 Å². The van der Waals surface area contributed by atoms with Gasteiger partial charge in [0.2, 0.25) is 5.91 Å². The number of hydrogen-bond acceptors (Lipinski definition) is 5. The van der Waals surface area contributed by atoms with Gasteiger partial charge in [-0.15, -0.1) is 5.10 Å². The minimum atomic E-state index is 0.219. The lowest BCUT2D eigenvalue weighted by molar-refractivity contribution is -0.132. The van der Waals surface area contributed by atoms with Gasteiger partial charge >= 0.3 is 0 Å². The highest BCUT2D eigenvalue weighted by Crippen LogP contribution is 2.34. The smallest absolute Gasteiger partial charge is 0.227 e. The van der Waals surface area contributed by atoms with Gasteiger partial charge in [0.1, 0.15) is 0 Å². The van der Waals surface area contributed by atoms with Gasteiger partial charge in [0.25, 0.3) is 0 Å². The Labute approximate surface area is 147 Å². The number of aromatic nitrogens is 4. The van der Waals surface area contributed by atoms with E-state index in [0.717, 1.165) is 44.1 Å². The predicted molar refractivity (Wildman–Crippen MR) is 92.8 cm³/mol. The van der Waals surface area contributed by atoms with E-state index in [1.165, 1.54) is 18.4 Å². The van der Waals surface area contributed by atoms with E-state index in [9.17, 15) is 4.79 Å². The van der Waals surface area contributed by atoms with Gasteiger partial charge in [-0.05, 0) is 41.3 Å². The molecule has 0 bridgehead atoms. The minimum Gasteiger partial charge on any atom is -0.340 e. The van der Waals surface area contributed by atoms with Gasteiger partial charge in [-0.3, -0.25) is 9.69 Å². The molecule has 1 saturated heterocycles. The lowest BCUT2D eigenvalue weighted by Crippen LogP contribution is -2.49. The Bertz CT molecular complexity index is 746. The molecule has 1 aromatic carbocycles. The number of nitrogens with zero attached hydrogens (tertiary/aromatic N) is 6. The molecule has 1 aliphatic carbocycles. The second-order valence-electron chi connectivity index (χ2n) is 7.03. The average Bonchev–Trinajstić information content (AvgIpc) is 3.37. The van der Waals surface area contributed by atoms with Crippen molar-refractivity contribution in [3.8, 4) is 0 Å². The molecular formula is C18H24N6O. The first-order valence-corrected chi connectivity index (χ1v) is 9.02. The third-order valence-electron chi connectivity index (χ3n) is 5.15. The van der Waals surface area contributed by atoms with Gasteiger partial charge in [-0.1, -0.05) is 24.3 Å². The number of hydrogen-bond donors (Lipinski definition) is 0. The monoisotopic (exact) mass is 340 g/mol. The largest absolute Gasteiger partial charge is 0.340 e. The molecule has 25 heavy (non-hydrogen) atoms. The van der Waals surface area contributed by atoms with Crippen LogP contribution < -0.4 is 0 Å². The molecule has 0 N–H and O–H groups in total. The second-order valence-corrected chi connectivity index (χ2v) is 7.03. The number of benzene rings is 1. The van der Waals surface area contributed by atoms with Gasteiger partial charge < -0.3 is 4.90 Å². The fourth-order valence-electron chi connectivity index (χ4n) is 3.36. The van der Waals surface area contributed by atoms with Crippen molar-refractivity contribution in [1.29, 1.82) is 0 Å². The average molecular weight is 340 g/mol. The minimum absolute atomic E-state index is 0.219. The maximum atomic E-state index is 12.6. The van der Waals surface area contributed by atoms with Crippen LogP contribution in [0.2, 0.25) is 0 Å². The Morgan fingerprint density at radius 2 is 1.92 bits per heavy atom. The maximum absolute atomic E-state index is 12.6. The summed E-state index contributed by atoms with van der Waals surface area (Å²) in [5.74, 6) is 1.17. The summed E-state index contributed by atoms with van der Waals surface area (Å²) in [7, 11) is 0. The van der Waals surface area contributed by atoms with Crippen molar-refractivity contribution in [2.24, 2.45) is 0 Å². The van der Waals surface area contributed by atoms with Crippen molar-refractivity contribution < 1.29 is 4.79 Å².